The van der Waals surface area contributed by atoms with E-state index in [1.807, 2.05) is 34.6 Å². The zero-order chi connectivity index (χ0) is 15.5. The van der Waals surface area contributed by atoms with E-state index >= 15 is 0 Å². The van der Waals surface area contributed by atoms with E-state index in [-0.39, 0.29) is 17.8 Å². The normalized spacial score (nSPS) is 13.7. The summed E-state index contributed by atoms with van der Waals surface area (Å²) < 4.78 is 10.2. The van der Waals surface area contributed by atoms with Gasteiger partial charge in [-0.25, -0.2) is 9.59 Å². The molecule has 0 fully saturated rings. The summed E-state index contributed by atoms with van der Waals surface area (Å²) in [7, 11) is 0. The third kappa shape index (κ3) is 8.02. The highest BCUT2D eigenvalue weighted by Gasteiger charge is 2.27. The highest BCUT2D eigenvalue weighted by Crippen LogP contribution is 2.10. The van der Waals surface area contributed by atoms with Crippen LogP contribution in [0.2, 0.25) is 0 Å². The number of carbonyl (C=O) groups excluding carboxylic acids is 2. The molecule has 0 spiro atoms. The first-order chi connectivity index (χ1) is 9.42. The predicted molar refractivity (Wildman–Crippen MR) is 78.4 cm³/mol. The molecule has 0 aliphatic heterocycles. The molecule has 0 saturated carbocycles. The van der Waals surface area contributed by atoms with E-state index < -0.39 is 12.1 Å². The van der Waals surface area contributed by atoms with Gasteiger partial charge in [-0.1, -0.05) is 47.5 Å². The van der Waals surface area contributed by atoms with Gasteiger partial charge < -0.3 is 14.8 Å². The first-order valence-corrected chi connectivity index (χ1v) is 7.52. The van der Waals surface area contributed by atoms with E-state index in [1.54, 1.807) is 0 Å². The van der Waals surface area contributed by atoms with Crippen LogP contribution in [-0.4, -0.2) is 31.3 Å². The molecule has 0 radical (unpaired) electrons. The van der Waals surface area contributed by atoms with Crippen LogP contribution in [0, 0.1) is 11.8 Å². The van der Waals surface area contributed by atoms with Crippen molar-refractivity contribution in [2.75, 3.05) is 13.2 Å². The molecule has 5 heteroatoms. The van der Waals surface area contributed by atoms with Gasteiger partial charge >= 0.3 is 12.1 Å². The second-order valence-electron chi connectivity index (χ2n) is 5.52. The van der Waals surface area contributed by atoms with Crippen molar-refractivity contribution in [2.24, 2.45) is 11.8 Å². The van der Waals surface area contributed by atoms with Crippen molar-refractivity contribution in [1.82, 2.24) is 5.32 Å². The van der Waals surface area contributed by atoms with Crippen molar-refractivity contribution >= 4 is 12.1 Å². The fourth-order valence-electron chi connectivity index (χ4n) is 1.49. The first kappa shape index (κ1) is 18.7. The second kappa shape index (κ2) is 10.5. The lowest BCUT2D eigenvalue weighted by atomic mass is 9.99. The molecule has 0 bridgehead atoms. The van der Waals surface area contributed by atoms with Gasteiger partial charge in [-0.2, -0.15) is 0 Å². The number of carbonyl (C=O) groups is 2. The van der Waals surface area contributed by atoms with Crippen LogP contribution in [0.5, 0.6) is 0 Å². The standard InChI is InChI=1S/C15H29NO4/c1-6-8-9-19-14(17)13(12(5)7-2)16-15(18)20-10-11(3)4/h11-13H,6-10H2,1-5H3,(H,16,18)/t12?,13-/m0/s1. The number of hydrogen-bond donors (Lipinski definition) is 1. The first-order valence-electron chi connectivity index (χ1n) is 7.52. The fraction of sp³-hybridized carbons (Fsp3) is 0.867. The van der Waals surface area contributed by atoms with E-state index in [2.05, 4.69) is 5.32 Å². The minimum atomic E-state index is -0.642. The van der Waals surface area contributed by atoms with Gasteiger partial charge in [0.25, 0.3) is 0 Å². The third-order valence-electron chi connectivity index (χ3n) is 3.03. The largest absolute Gasteiger partial charge is 0.464 e. The molecule has 0 aliphatic carbocycles. The van der Waals surface area contributed by atoms with E-state index in [9.17, 15) is 9.59 Å². The van der Waals surface area contributed by atoms with Crippen molar-refractivity contribution in [1.29, 1.82) is 0 Å². The Morgan fingerprint density at radius 3 is 2.25 bits per heavy atom. The number of alkyl carbamates (subject to hydrolysis) is 1. The molecule has 2 atom stereocenters. The van der Waals surface area contributed by atoms with Gasteiger partial charge in [-0.05, 0) is 18.3 Å². The summed E-state index contributed by atoms with van der Waals surface area (Å²) >= 11 is 0. The Labute approximate surface area is 122 Å². The van der Waals surface area contributed by atoms with Crippen molar-refractivity contribution in [3.05, 3.63) is 0 Å². The number of ether oxygens (including phenoxy) is 2. The molecular formula is C15H29NO4. The summed E-state index contributed by atoms with van der Waals surface area (Å²) in [6.07, 6.45) is 2.01. The van der Waals surface area contributed by atoms with Gasteiger partial charge in [-0.15, -0.1) is 0 Å². The number of nitrogens with one attached hydrogen (secondary N) is 1. The predicted octanol–water partition coefficient (Wildman–Crippen LogP) is 3.13. The van der Waals surface area contributed by atoms with Crippen LogP contribution < -0.4 is 5.32 Å². The molecular weight excluding hydrogens is 258 g/mol. The Bertz CT molecular complexity index is 292. The van der Waals surface area contributed by atoms with Crippen molar-refractivity contribution in [2.45, 2.75) is 59.9 Å². The SMILES string of the molecule is CCCCOC(=O)[C@@H](NC(=O)OCC(C)C)C(C)CC. The molecule has 0 aromatic heterocycles. The Morgan fingerprint density at radius 2 is 1.75 bits per heavy atom. The zero-order valence-corrected chi connectivity index (χ0v) is 13.4. The molecule has 0 heterocycles. The van der Waals surface area contributed by atoms with Gasteiger partial charge in [0.15, 0.2) is 0 Å². The van der Waals surface area contributed by atoms with Crippen molar-refractivity contribution < 1.29 is 19.1 Å². The van der Waals surface area contributed by atoms with Crippen LogP contribution in [0.4, 0.5) is 4.79 Å². The van der Waals surface area contributed by atoms with Crippen LogP contribution in [0.25, 0.3) is 0 Å². The highest BCUT2D eigenvalue weighted by atomic mass is 16.6. The lowest BCUT2D eigenvalue weighted by Gasteiger charge is -2.22. The van der Waals surface area contributed by atoms with Crippen LogP contribution in [0.15, 0.2) is 0 Å². The topological polar surface area (TPSA) is 64.6 Å². The zero-order valence-electron chi connectivity index (χ0n) is 13.4. The Balaban J connectivity index is 4.40. The average Bonchev–Trinajstić information content (AvgIpc) is 2.41. The minimum absolute atomic E-state index is 0.00993. The molecule has 1 amide bonds. The maximum Gasteiger partial charge on any atom is 0.407 e. The monoisotopic (exact) mass is 287 g/mol. The van der Waals surface area contributed by atoms with Gasteiger partial charge in [0.1, 0.15) is 6.04 Å². The van der Waals surface area contributed by atoms with E-state index in [4.69, 9.17) is 9.47 Å². The van der Waals surface area contributed by atoms with Gasteiger partial charge in [-0.3, -0.25) is 0 Å². The van der Waals surface area contributed by atoms with Crippen molar-refractivity contribution in [3.8, 4) is 0 Å². The Morgan fingerprint density at radius 1 is 1.10 bits per heavy atom. The smallest absolute Gasteiger partial charge is 0.407 e. The third-order valence-corrected chi connectivity index (χ3v) is 3.03. The van der Waals surface area contributed by atoms with Crippen LogP contribution in [-0.2, 0) is 14.3 Å². The maximum atomic E-state index is 12.0. The highest BCUT2D eigenvalue weighted by molar-refractivity contribution is 5.81. The van der Waals surface area contributed by atoms with Crippen LogP contribution in [0.1, 0.15) is 53.9 Å². The van der Waals surface area contributed by atoms with Crippen LogP contribution >= 0.6 is 0 Å². The summed E-state index contributed by atoms with van der Waals surface area (Å²) in [5.74, 6) is -0.107. The molecule has 0 rings (SSSR count). The number of amides is 1. The van der Waals surface area contributed by atoms with Crippen molar-refractivity contribution in [3.63, 3.8) is 0 Å². The summed E-state index contributed by atoms with van der Waals surface area (Å²) in [6.45, 7) is 10.6. The van der Waals surface area contributed by atoms with E-state index in [1.165, 1.54) is 0 Å². The van der Waals surface area contributed by atoms with Crippen LogP contribution in [0.3, 0.4) is 0 Å². The second-order valence-corrected chi connectivity index (χ2v) is 5.52. The maximum absolute atomic E-state index is 12.0. The summed E-state index contributed by atoms with van der Waals surface area (Å²) in [6, 6.07) is -0.642. The molecule has 20 heavy (non-hydrogen) atoms. The minimum Gasteiger partial charge on any atom is -0.464 e. The van der Waals surface area contributed by atoms with E-state index in [0.717, 1.165) is 19.3 Å². The molecule has 0 aromatic carbocycles. The molecule has 1 N–H and O–H groups in total. The Hall–Kier alpha value is -1.26. The quantitative estimate of drug-likeness (QED) is 0.522. The molecule has 118 valence electrons. The van der Waals surface area contributed by atoms with E-state index in [0.29, 0.717) is 13.2 Å². The number of esters is 1. The molecule has 5 nitrogen and oxygen atoms in total. The summed E-state index contributed by atoms with van der Waals surface area (Å²) in [5, 5.41) is 2.61. The molecule has 1 unspecified atom stereocenters. The fourth-order valence-corrected chi connectivity index (χ4v) is 1.49. The number of rotatable bonds is 9. The van der Waals surface area contributed by atoms with Gasteiger partial charge in [0.2, 0.25) is 0 Å². The summed E-state index contributed by atoms with van der Waals surface area (Å²) in [4.78, 5) is 23.7. The lowest BCUT2D eigenvalue weighted by molar-refractivity contribution is -0.147. The lowest BCUT2D eigenvalue weighted by Crippen LogP contribution is -2.46. The van der Waals surface area contributed by atoms with Gasteiger partial charge in [0.05, 0.1) is 13.2 Å². The molecule has 0 aliphatic rings. The Kier molecular flexibility index (Phi) is 9.86. The molecule has 0 saturated heterocycles. The average molecular weight is 287 g/mol. The summed E-state index contributed by atoms with van der Waals surface area (Å²) in [5.41, 5.74) is 0. The number of unbranched alkanes of at least 4 members (excludes halogenated alkanes) is 1. The van der Waals surface area contributed by atoms with Gasteiger partial charge in [0, 0.05) is 0 Å². The number of hydrogen-bond acceptors (Lipinski definition) is 4. The molecule has 0 aromatic rings.